The van der Waals surface area contributed by atoms with Crippen LogP contribution in [0.2, 0.25) is 0 Å². The van der Waals surface area contributed by atoms with Crippen LogP contribution in [0.3, 0.4) is 0 Å². The van der Waals surface area contributed by atoms with Crippen molar-refractivity contribution in [3.8, 4) is 0 Å². The van der Waals surface area contributed by atoms with E-state index in [1.165, 1.54) is 0 Å². The van der Waals surface area contributed by atoms with Crippen LogP contribution in [0.5, 0.6) is 0 Å². The fraction of sp³-hybridized carbons (Fsp3) is 0.800. The number of carbonyl (C=O) groups excluding carboxylic acids is 1. The summed E-state index contributed by atoms with van der Waals surface area (Å²) >= 11 is 3.24. The Hall–Kier alpha value is -0.0500. The summed E-state index contributed by atoms with van der Waals surface area (Å²) in [6.07, 6.45) is 0.477. The average Bonchev–Trinajstić information content (AvgIpc) is 1.65. The Morgan fingerprint density at radius 1 is 1.88 bits per heavy atom. The standard InChI is InChI=1S/C5H10BrNO/c1-4(3-6)2-5(7)8/h4H,2-3H2,1H3,(H2,7,8). The Labute approximate surface area is 57.6 Å². The van der Waals surface area contributed by atoms with Crippen LogP contribution < -0.4 is 5.73 Å². The molecule has 2 N–H and O–H groups in total. The number of alkyl halides is 1. The maximum Gasteiger partial charge on any atom is 0.217 e. The molecule has 0 spiro atoms. The SMILES string of the molecule is CC(CBr)CC(N)=O. The smallest absolute Gasteiger partial charge is 0.217 e. The number of carbonyl (C=O) groups is 1. The first-order chi connectivity index (χ1) is 3.66. The molecule has 0 fully saturated rings. The minimum atomic E-state index is -0.225. The predicted molar refractivity (Wildman–Crippen MR) is 36.8 cm³/mol. The van der Waals surface area contributed by atoms with Crippen molar-refractivity contribution in [3.63, 3.8) is 0 Å². The van der Waals surface area contributed by atoms with E-state index in [1.807, 2.05) is 6.92 Å². The van der Waals surface area contributed by atoms with Gasteiger partial charge >= 0.3 is 0 Å². The fourth-order valence-corrected chi connectivity index (χ4v) is 0.627. The lowest BCUT2D eigenvalue weighted by Crippen LogP contribution is -2.14. The molecule has 3 heteroatoms. The second-order valence-corrected chi connectivity index (χ2v) is 2.58. The molecule has 0 radical (unpaired) electrons. The largest absolute Gasteiger partial charge is 0.370 e. The highest BCUT2D eigenvalue weighted by atomic mass is 79.9. The van der Waals surface area contributed by atoms with Gasteiger partial charge in [-0.15, -0.1) is 0 Å². The lowest BCUT2D eigenvalue weighted by Gasteiger charge is -2.00. The first-order valence-corrected chi connectivity index (χ1v) is 3.63. The van der Waals surface area contributed by atoms with Gasteiger partial charge < -0.3 is 5.73 Å². The van der Waals surface area contributed by atoms with Crippen LogP contribution in [0.25, 0.3) is 0 Å². The summed E-state index contributed by atoms with van der Waals surface area (Å²) in [4.78, 5) is 10.2. The minimum Gasteiger partial charge on any atom is -0.370 e. The van der Waals surface area contributed by atoms with Crippen LogP contribution in [0.1, 0.15) is 13.3 Å². The molecule has 8 heavy (non-hydrogen) atoms. The number of primary amides is 1. The third-order valence-electron chi connectivity index (χ3n) is 0.813. The zero-order chi connectivity index (χ0) is 6.57. The van der Waals surface area contributed by atoms with Crippen molar-refractivity contribution in [1.29, 1.82) is 0 Å². The molecule has 0 heterocycles. The van der Waals surface area contributed by atoms with Crippen molar-refractivity contribution in [2.75, 3.05) is 5.33 Å². The Bertz CT molecular complexity index is 84.5. The van der Waals surface area contributed by atoms with Gasteiger partial charge in [0.05, 0.1) is 0 Å². The summed E-state index contributed by atoms with van der Waals surface area (Å²) in [6, 6.07) is 0. The molecule has 2 nitrogen and oxygen atoms in total. The van der Waals surface area contributed by atoms with E-state index in [9.17, 15) is 4.79 Å². The molecule has 0 rings (SSSR count). The molecule has 0 aromatic heterocycles. The maximum absolute atomic E-state index is 10.2. The molecule has 48 valence electrons. The van der Waals surface area contributed by atoms with Crippen molar-refractivity contribution in [1.82, 2.24) is 0 Å². The predicted octanol–water partition coefficient (Wildman–Crippen LogP) is 0.893. The topological polar surface area (TPSA) is 43.1 Å². The van der Waals surface area contributed by atoms with Gasteiger partial charge in [0.1, 0.15) is 0 Å². The van der Waals surface area contributed by atoms with Gasteiger partial charge in [-0.2, -0.15) is 0 Å². The number of rotatable bonds is 3. The molecule has 0 aliphatic rings. The minimum absolute atomic E-state index is 0.225. The number of amides is 1. The van der Waals surface area contributed by atoms with E-state index in [0.29, 0.717) is 12.3 Å². The fourth-order valence-electron chi connectivity index (χ4n) is 0.398. The Morgan fingerprint density at radius 3 is 2.50 bits per heavy atom. The van der Waals surface area contributed by atoms with Crippen LogP contribution in [-0.4, -0.2) is 11.2 Å². The molecule has 1 amide bonds. The molecule has 0 aromatic rings. The molecule has 0 aliphatic heterocycles. The van der Waals surface area contributed by atoms with Crippen molar-refractivity contribution in [3.05, 3.63) is 0 Å². The molecule has 0 aliphatic carbocycles. The number of hydrogen-bond donors (Lipinski definition) is 1. The monoisotopic (exact) mass is 179 g/mol. The molecular formula is C5H10BrNO. The van der Waals surface area contributed by atoms with Crippen molar-refractivity contribution in [2.45, 2.75) is 13.3 Å². The average molecular weight is 180 g/mol. The second-order valence-electron chi connectivity index (χ2n) is 1.93. The Kier molecular flexibility index (Phi) is 3.87. The van der Waals surface area contributed by atoms with E-state index in [-0.39, 0.29) is 5.91 Å². The van der Waals surface area contributed by atoms with Gasteiger partial charge in [-0.05, 0) is 5.92 Å². The molecule has 0 aromatic carbocycles. The van der Waals surface area contributed by atoms with Crippen LogP contribution >= 0.6 is 15.9 Å². The highest BCUT2D eigenvalue weighted by molar-refractivity contribution is 9.09. The normalized spacial score (nSPS) is 13.2. The van der Waals surface area contributed by atoms with Gasteiger partial charge in [-0.3, -0.25) is 4.79 Å². The van der Waals surface area contributed by atoms with Crippen molar-refractivity contribution >= 4 is 21.8 Å². The van der Waals surface area contributed by atoms with Gasteiger partial charge in [0, 0.05) is 11.8 Å². The van der Waals surface area contributed by atoms with Crippen molar-refractivity contribution in [2.24, 2.45) is 11.7 Å². The third kappa shape index (κ3) is 4.12. The summed E-state index contributed by atoms with van der Waals surface area (Å²) in [5, 5.41) is 0.843. The molecule has 1 unspecified atom stereocenters. The van der Waals surface area contributed by atoms with E-state index < -0.39 is 0 Å². The van der Waals surface area contributed by atoms with E-state index in [1.54, 1.807) is 0 Å². The molecule has 0 saturated heterocycles. The van der Waals surface area contributed by atoms with Crippen LogP contribution in [0, 0.1) is 5.92 Å². The Balaban J connectivity index is 3.24. The van der Waals surface area contributed by atoms with E-state index in [4.69, 9.17) is 5.73 Å². The van der Waals surface area contributed by atoms with Gasteiger partial charge in [-0.1, -0.05) is 22.9 Å². The Morgan fingerprint density at radius 2 is 2.38 bits per heavy atom. The molecule has 0 saturated carbocycles. The lowest BCUT2D eigenvalue weighted by molar-refractivity contribution is -0.118. The van der Waals surface area contributed by atoms with Crippen LogP contribution in [-0.2, 0) is 4.79 Å². The second kappa shape index (κ2) is 3.89. The highest BCUT2D eigenvalue weighted by Crippen LogP contribution is 2.03. The quantitative estimate of drug-likeness (QED) is 0.644. The highest BCUT2D eigenvalue weighted by Gasteiger charge is 2.01. The van der Waals surface area contributed by atoms with Crippen molar-refractivity contribution < 1.29 is 4.79 Å². The summed E-state index contributed by atoms with van der Waals surface area (Å²) in [6.45, 7) is 1.97. The first kappa shape index (κ1) is 7.95. The van der Waals surface area contributed by atoms with E-state index in [0.717, 1.165) is 5.33 Å². The number of halogens is 1. The zero-order valence-electron chi connectivity index (χ0n) is 4.86. The van der Waals surface area contributed by atoms with E-state index in [2.05, 4.69) is 15.9 Å². The lowest BCUT2D eigenvalue weighted by atomic mass is 10.1. The number of hydrogen-bond acceptors (Lipinski definition) is 1. The van der Waals surface area contributed by atoms with Gasteiger partial charge in [0.2, 0.25) is 5.91 Å². The van der Waals surface area contributed by atoms with Gasteiger partial charge in [0.15, 0.2) is 0 Å². The summed E-state index contributed by atoms with van der Waals surface area (Å²) in [5.74, 6) is 0.143. The summed E-state index contributed by atoms with van der Waals surface area (Å²) < 4.78 is 0. The van der Waals surface area contributed by atoms with Gasteiger partial charge in [-0.25, -0.2) is 0 Å². The zero-order valence-corrected chi connectivity index (χ0v) is 6.44. The van der Waals surface area contributed by atoms with Crippen LogP contribution in [0.15, 0.2) is 0 Å². The van der Waals surface area contributed by atoms with Crippen LogP contribution in [0.4, 0.5) is 0 Å². The molecule has 1 atom stereocenters. The maximum atomic E-state index is 10.2. The molecule has 0 bridgehead atoms. The third-order valence-corrected chi connectivity index (χ3v) is 1.92. The molecular weight excluding hydrogens is 170 g/mol. The van der Waals surface area contributed by atoms with Gasteiger partial charge in [0.25, 0.3) is 0 Å². The summed E-state index contributed by atoms with van der Waals surface area (Å²) in [5.41, 5.74) is 4.91. The number of nitrogens with two attached hydrogens (primary N) is 1. The summed E-state index contributed by atoms with van der Waals surface area (Å²) in [7, 11) is 0. The first-order valence-electron chi connectivity index (χ1n) is 2.51. The van der Waals surface area contributed by atoms with E-state index >= 15 is 0 Å².